The number of methoxy groups -OCH3 is 2. The highest BCUT2D eigenvalue weighted by atomic mass is 16.6. The van der Waals surface area contributed by atoms with E-state index in [1.165, 1.54) is 11.1 Å². The van der Waals surface area contributed by atoms with Crippen molar-refractivity contribution in [2.75, 3.05) is 20.8 Å². The Hall–Kier alpha value is -1.79. The predicted octanol–water partition coefficient (Wildman–Crippen LogP) is 4.24. The molecule has 4 bridgehead atoms. The normalized spacial score (nSPS) is 41.4. The van der Waals surface area contributed by atoms with Crippen molar-refractivity contribution >= 4 is 5.91 Å². The van der Waals surface area contributed by atoms with Crippen LogP contribution >= 0.6 is 0 Å². The summed E-state index contributed by atoms with van der Waals surface area (Å²) < 4.78 is 19.5. The Morgan fingerprint density at radius 3 is 2.53 bits per heavy atom. The Morgan fingerprint density at radius 2 is 1.89 bits per heavy atom. The van der Waals surface area contributed by atoms with Gasteiger partial charge in [0.25, 0.3) is 0 Å². The van der Waals surface area contributed by atoms with E-state index in [4.69, 9.17) is 14.2 Å². The van der Waals surface area contributed by atoms with Gasteiger partial charge in [0, 0.05) is 47.9 Å². The highest BCUT2D eigenvalue weighted by Crippen LogP contribution is 2.78. The van der Waals surface area contributed by atoms with E-state index < -0.39 is 11.2 Å². The number of nitrogens with zero attached hydrogens (tertiary/aromatic N) is 1. The average Bonchev–Trinajstić information content (AvgIpc) is 3.62. The summed E-state index contributed by atoms with van der Waals surface area (Å²) in [4.78, 5) is 15.9. The van der Waals surface area contributed by atoms with Crippen molar-refractivity contribution in [2.45, 2.75) is 101 Å². The van der Waals surface area contributed by atoms with Crippen LogP contribution in [0.3, 0.4) is 0 Å². The second-order valence-corrected chi connectivity index (χ2v) is 13.8. The largest absolute Gasteiger partial charge is 0.493 e. The summed E-state index contributed by atoms with van der Waals surface area (Å²) in [5.74, 6) is 2.11. The van der Waals surface area contributed by atoms with Gasteiger partial charge in [-0.25, -0.2) is 0 Å². The van der Waals surface area contributed by atoms with Gasteiger partial charge < -0.3 is 24.2 Å². The molecule has 2 heterocycles. The van der Waals surface area contributed by atoms with Gasteiger partial charge in [0.2, 0.25) is 5.91 Å². The standard InChI is InChI=1S/C30H41NO5/c1-26(2,3)27(4,33)20-16-28-11-12-30(20,35-6)25-29(28)13-14-31(24(32)17-7-8-17)21(28)15-18-9-10-19(34-5)23(36-25)22(18)29/h9-10,17,20-21,25,33H,7-8,11-16H2,1-6H3/t20-,21-,25-,27+,28-,29+,30-/m1/s1. The first-order chi connectivity index (χ1) is 17.0. The first kappa shape index (κ1) is 23.3. The lowest BCUT2D eigenvalue weighted by molar-refractivity contribution is -0.311. The van der Waals surface area contributed by atoms with Crippen LogP contribution in [0.25, 0.3) is 0 Å². The number of likely N-dealkylation sites (tertiary alicyclic amines) is 1. The summed E-state index contributed by atoms with van der Waals surface area (Å²) >= 11 is 0. The minimum absolute atomic E-state index is 0.109. The molecular formula is C30H41NO5. The number of piperidine rings is 1. The fraction of sp³-hybridized carbons (Fsp3) is 0.767. The van der Waals surface area contributed by atoms with Crippen molar-refractivity contribution in [3.05, 3.63) is 23.3 Å². The van der Waals surface area contributed by atoms with E-state index in [0.717, 1.165) is 63.0 Å². The molecule has 5 fully saturated rings. The summed E-state index contributed by atoms with van der Waals surface area (Å²) in [6, 6.07) is 4.37. The SMILES string of the molecule is COc1ccc2c3c1O[C@H]1[C@@]4(OC)CC[C@@]5(C[C@@H]4[C@](C)(O)C(C)(C)C)[C@@H](C2)N(C(=O)C2CC2)CC[C@]315. The van der Waals surface area contributed by atoms with E-state index >= 15 is 0 Å². The molecule has 7 aliphatic rings. The number of aliphatic hydroxyl groups is 1. The molecule has 1 aromatic rings. The molecule has 6 heteroatoms. The van der Waals surface area contributed by atoms with Crippen molar-refractivity contribution < 1.29 is 24.1 Å². The van der Waals surface area contributed by atoms with Crippen molar-refractivity contribution in [2.24, 2.45) is 22.7 Å². The maximum Gasteiger partial charge on any atom is 0.225 e. The molecule has 8 rings (SSSR count). The van der Waals surface area contributed by atoms with Crippen molar-refractivity contribution in [1.82, 2.24) is 4.90 Å². The molecule has 0 aromatic heterocycles. The smallest absolute Gasteiger partial charge is 0.225 e. The van der Waals surface area contributed by atoms with E-state index in [9.17, 15) is 9.90 Å². The summed E-state index contributed by atoms with van der Waals surface area (Å²) in [6.45, 7) is 9.16. The van der Waals surface area contributed by atoms with Gasteiger partial charge in [-0.05, 0) is 68.9 Å². The Kier molecular flexibility index (Phi) is 4.40. The molecule has 1 saturated heterocycles. The molecule has 2 aliphatic heterocycles. The summed E-state index contributed by atoms with van der Waals surface area (Å²) in [5.41, 5.74) is 0.322. The molecule has 196 valence electrons. The lowest BCUT2D eigenvalue weighted by Crippen LogP contribution is -2.83. The summed E-state index contributed by atoms with van der Waals surface area (Å²) in [6.07, 6.45) is 6.26. The molecule has 4 saturated carbocycles. The Labute approximate surface area is 214 Å². The maximum absolute atomic E-state index is 13.7. The zero-order chi connectivity index (χ0) is 25.5. The molecule has 36 heavy (non-hydrogen) atoms. The quantitative estimate of drug-likeness (QED) is 0.677. The van der Waals surface area contributed by atoms with Gasteiger partial charge in [0.05, 0.1) is 12.7 Å². The first-order valence-corrected chi connectivity index (χ1v) is 13.9. The molecular weight excluding hydrogens is 454 g/mol. The van der Waals surface area contributed by atoms with Crippen LogP contribution in [-0.2, 0) is 21.4 Å². The number of rotatable bonds is 4. The molecule has 0 radical (unpaired) electrons. The van der Waals surface area contributed by atoms with Crippen molar-refractivity contribution in [3.63, 3.8) is 0 Å². The second kappa shape index (κ2) is 6.79. The van der Waals surface area contributed by atoms with Gasteiger partial charge in [-0.2, -0.15) is 0 Å². The van der Waals surface area contributed by atoms with E-state index in [1.54, 1.807) is 7.11 Å². The third kappa shape index (κ3) is 2.36. The Morgan fingerprint density at radius 1 is 1.14 bits per heavy atom. The van der Waals surface area contributed by atoms with Crippen molar-refractivity contribution in [1.29, 1.82) is 0 Å². The number of hydrogen-bond acceptors (Lipinski definition) is 5. The number of hydrogen-bond donors (Lipinski definition) is 1. The third-order valence-electron chi connectivity index (χ3n) is 12.0. The highest BCUT2D eigenvalue weighted by molar-refractivity contribution is 5.82. The number of fused-ring (bicyclic) bond motifs is 2. The third-order valence-corrected chi connectivity index (χ3v) is 12.0. The fourth-order valence-electron chi connectivity index (χ4n) is 9.62. The number of carbonyl (C=O) groups is 1. The topological polar surface area (TPSA) is 68.2 Å². The minimum Gasteiger partial charge on any atom is -0.493 e. The van der Waals surface area contributed by atoms with E-state index in [-0.39, 0.29) is 40.2 Å². The summed E-state index contributed by atoms with van der Waals surface area (Å²) in [7, 11) is 3.53. The second-order valence-electron chi connectivity index (χ2n) is 13.8. The first-order valence-electron chi connectivity index (χ1n) is 13.9. The number of carbonyl (C=O) groups excluding carboxylic acids is 1. The highest BCUT2D eigenvalue weighted by Gasteiger charge is 2.82. The van der Waals surface area contributed by atoms with Gasteiger partial charge in [-0.1, -0.05) is 26.8 Å². The molecule has 1 N–H and O–H groups in total. The number of benzene rings is 1. The molecule has 6 nitrogen and oxygen atoms in total. The average molecular weight is 496 g/mol. The molecule has 1 aromatic carbocycles. The van der Waals surface area contributed by atoms with Crippen LogP contribution in [0.2, 0.25) is 0 Å². The molecule has 2 spiro atoms. The Balaban J connectivity index is 1.49. The van der Waals surface area contributed by atoms with Crippen LogP contribution in [0.5, 0.6) is 11.5 Å². The van der Waals surface area contributed by atoms with Gasteiger partial charge >= 0.3 is 0 Å². The lowest BCUT2D eigenvalue weighted by Gasteiger charge is -2.75. The van der Waals surface area contributed by atoms with E-state index in [2.05, 4.69) is 31.7 Å². The number of amides is 1. The van der Waals surface area contributed by atoms with Gasteiger partial charge in [-0.15, -0.1) is 0 Å². The zero-order valence-corrected chi connectivity index (χ0v) is 22.6. The lowest BCUT2D eigenvalue weighted by atomic mass is 9.33. The van der Waals surface area contributed by atoms with Crippen LogP contribution in [0.4, 0.5) is 0 Å². The van der Waals surface area contributed by atoms with Crippen molar-refractivity contribution in [3.8, 4) is 11.5 Å². The monoisotopic (exact) mass is 495 g/mol. The van der Waals surface area contributed by atoms with Gasteiger partial charge in [0.1, 0.15) is 11.7 Å². The predicted molar refractivity (Wildman–Crippen MR) is 135 cm³/mol. The van der Waals surface area contributed by atoms with Crippen LogP contribution in [-0.4, -0.2) is 60.0 Å². The van der Waals surface area contributed by atoms with Gasteiger partial charge in [-0.3, -0.25) is 4.79 Å². The van der Waals surface area contributed by atoms with Crippen LogP contribution < -0.4 is 9.47 Å². The van der Waals surface area contributed by atoms with E-state index in [1.807, 2.05) is 20.1 Å². The molecule has 7 atom stereocenters. The molecule has 1 amide bonds. The van der Waals surface area contributed by atoms with Crippen LogP contribution in [0.1, 0.15) is 77.3 Å². The van der Waals surface area contributed by atoms with Crippen LogP contribution in [0.15, 0.2) is 12.1 Å². The Bertz CT molecular complexity index is 1150. The molecule has 0 unspecified atom stereocenters. The molecule has 5 aliphatic carbocycles. The van der Waals surface area contributed by atoms with Gasteiger partial charge in [0.15, 0.2) is 11.5 Å². The maximum atomic E-state index is 13.7. The van der Waals surface area contributed by atoms with Crippen LogP contribution in [0, 0.1) is 22.7 Å². The zero-order valence-electron chi connectivity index (χ0n) is 22.6. The minimum atomic E-state index is -0.972. The summed E-state index contributed by atoms with van der Waals surface area (Å²) in [5, 5.41) is 12.3. The number of ether oxygens (including phenoxy) is 3. The fourth-order valence-corrected chi connectivity index (χ4v) is 9.62. The van der Waals surface area contributed by atoms with E-state index in [0.29, 0.717) is 5.91 Å².